The fourth-order valence-electron chi connectivity index (χ4n) is 2.66. The normalized spacial score (nSPS) is 10.7. The van der Waals surface area contributed by atoms with Gasteiger partial charge in [0.05, 0.1) is 12.9 Å². The Morgan fingerprint density at radius 1 is 1.21 bits per heavy atom. The quantitative estimate of drug-likeness (QED) is 0.547. The molecule has 0 atom stereocenters. The van der Waals surface area contributed by atoms with Crippen LogP contribution in [0.5, 0.6) is 5.75 Å². The van der Waals surface area contributed by atoms with Crippen LogP contribution in [0.3, 0.4) is 0 Å². The average Bonchev–Trinajstić information content (AvgIpc) is 3.07. The number of hydrogen-bond donors (Lipinski definition) is 0. The third-order valence-corrected chi connectivity index (χ3v) is 5.50. The van der Waals surface area contributed by atoms with Crippen LogP contribution in [0.15, 0.2) is 53.7 Å². The van der Waals surface area contributed by atoms with E-state index in [9.17, 15) is 4.79 Å². The zero-order chi connectivity index (χ0) is 20.1. The Morgan fingerprint density at radius 2 is 1.96 bits per heavy atom. The standard InChI is InChI=1S/C20H21ClN4O2S/c1-24(12-14-5-4-6-17(11-14)27-3)18(26)13-28-20-23-22-19(25(20)2)15-7-9-16(21)10-8-15/h4-11H,12-13H2,1-3H3. The first-order valence-electron chi connectivity index (χ1n) is 8.63. The van der Waals surface area contributed by atoms with Gasteiger partial charge in [-0.3, -0.25) is 4.79 Å². The lowest BCUT2D eigenvalue weighted by molar-refractivity contribution is -0.127. The molecular formula is C20H21ClN4O2S. The van der Waals surface area contributed by atoms with E-state index in [0.29, 0.717) is 16.7 Å². The molecule has 0 N–H and O–H groups in total. The molecule has 8 heteroatoms. The number of hydrogen-bond acceptors (Lipinski definition) is 5. The highest BCUT2D eigenvalue weighted by atomic mass is 35.5. The molecule has 0 aliphatic rings. The molecule has 0 aliphatic heterocycles. The molecule has 2 aromatic carbocycles. The van der Waals surface area contributed by atoms with E-state index in [4.69, 9.17) is 16.3 Å². The molecule has 3 rings (SSSR count). The second kappa shape index (κ2) is 9.12. The summed E-state index contributed by atoms with van der Waals surface area (Å²) in [6, 6.07) is 15.1. The predicted molar refractivity (Wildman–Crippen MR) is 112 cm³/mol. The van der Waals surface area contributed by atoms with Crippen LogP contribution in [0.1, 0.15) is 5.56 Å². The number of carbonyl (C=O) groups is 1. The number of halogens is 1. The van der Waals surface area contributed by atoms with Gasteiger partial charge in [-0.15, -0.1) is 10.2 Å². The maximum Gasteiger partial charge on any atom is 0.233 e. The van der Waals surface area contributed by atoms with E-state index in [-0.39, 0.29) is 11.7 Å². The van der Waals surface area contributed by atoms with Gasteiger partial charge < -0.3 is 14.2 Å². The summed E-state index contributed by atoms with van der Waals surface area (Å²) >= 11 is 7.30. The van der Waals surface area contributed by atoms with Gasteiger partial charge in [-0.25, -0.2) is 0 Å². The minimum atomic E-state index is 0.0175. The fraction of sp³-hybridized carbons (Fsp3) is 0.250. The fourth-order valence-corrected chi connectivity index (χ4v) is 3.64. The van der Waals surface area contributed by atoms with Crippen LogP contribution in [0.4, 0.5) is 0 Å². The van der Waals surface area contributed by atoms with Crippen molar-refractivity contribution in [1.82, 2.24) is 19.7 Å². The van der Waals surface area contributed by atoms with Gasteiger partial charge in [0, 0.05) is 31.2 Å². The number of benzene rings is 2. The van der Waals surface area contributed by atoms with Gasteiger partial charge in [-0.2, -0.15) is 0 Å². The molecule has 0 spiro atoms. The Kier molecular flexibility index (Phi) is 6.59. The smallest absolute Gasteiger partial charge is 0.233 e. The molecule has 0 saturated carbocycles. The zero-order valence-corrected chi connectivity index (χ0v) is 17.5. The summed E-state index contributed by atoms with van der Waals surface area (Å²) < 4.78 is 7.11. The minimum Gasteiger partial charge on any atom is -0.497 e. The Balaban J connectivity index is 1.60. The van der Waals surface area contributed by atoms with Crippen LogP contribution in [0.2, 0.25) is 5.02 Å². The molecule has 0 radical (unpaired) electrons. The van der Waals surface area contributed by atoms with Crippen molar-refractivity contribution in [3.05, 3.63) is 59.1 Å². The number of thioether (sulfide) groups is 1. The van der Waals surface area contributed by atoms with Crippen LogP contribution in [-0.4, -0.2) is 45.5 Å². The van der Waals surface area contributed by atoms with Gasteiger partial charge in [-0.05, 0) is 42.0 Å². The first-order chi connectivity index (χ1) is 13.5. The molecule has 3 aromatic rings. The van der Waals surface area contributed by atoms with Crippen LogP contribution >= 0.6 is 23.4 Å². The summed E-state index contributed by atoms with van der Waals surface area (Å²) in [5.41, 5.74) is 1.94. The Bertz CT molecular complexity index is 959. The molecule has 0 aliphatic carbocycles. The van der Waals surface area contributed by atoms with Gasteiger partial charge in [0.25, 0.3) is 0 Å². The lowest BCUT2D eigenvalue weighted by atomic mass is 10.2. The summed E-state index contributed by atoms with van der Waals surface area (Å²) in [5.74, 6) is 1.81. The Labute approximate surface area is 173 Å². The molecule has 0 unspecified atom stereocenters. The highest BCUT2D eigenvalue weighted by Crippen LogP contribution is 2.24. The van der Waals surface area contributed by atoms with Gasteiger partial charge in [-0.1, -0.05) is 35.5 Å². The minimum absolute atomic E-state index is 0.0175. The van der Waals surface area contributed by atoms with Crippen molar-refractivity contribution >= 4 is 29.3 Å². The van der Waals surface area contributed by atoms with E-state index in [2.05, 4.69) is 10.2 Å². The van der Waals surface area contributed by atoms with Crippen molar-refractivity contribution in [3.8, 4) is 17.1 Å². The number of nitrogens with zero attached hydrogens (tertiary/aromatic N) is 4. The predicted octanol–water partition coefficient (Wildman–Crippen LogP) is 3.89. The van der Waals surface area contributed by atoms with E-state index in [1.807, 2.05) is 60.1 Å². The van der Waals surface area contributed by atoms with Crippen molar-refractivity contribution in [2.24, 2.45) is 7.05 Å². The topological polar surface area (TPSA) is 60.2 Å². The number of amides is 1. The van der Waals surface area contributed by atoms with Crippen LogP contribution < -0.4 is 4.74 Å². The molecule has 0 bridgehead atoms. The maximum absolute atomic E-state index is 12.5. The van der Waals surface area contributed by atoms with E-state index >= 15 is 0 Å². The zero-order valence-electron chi connectivity index (χ0n) is 15.9. The summed E-state index contributed by atoms with van der Waals surface area (Å²) in [5, 5.41) is 9.80. The lowest BCUT2D eigenvalue weighted by Gasteiger charge is -2.17. The summed E-state index contributed by atoms with van der Waals surface area (Å²) in [4.78, 5) is 14.2. The molecule has 0 fully saturated rings. The van der Waals surface area contributed by atoms with Crippen LogP contribution in [0, 0.1) is 0 Å². The average molecular weight is 417 g/mol. The van der Waals surface area contributed by atoms with E-state index in [1.54, 1.807) is 19.1 Å². The number of ether oxygens (including phenoxy) is 1. The summed E-state index contributed by atoms with van der Waals surface area (Å²) in [7, 11) is 5.30. The van der Waals surface area contributed by atoms with Crippen LogP contribution in [0.25, 0.3) is 11.4 Å². The van der Waals surface area contributed by atoms with Crippen molar-refractivity contribution in [1.29, 1.82) is 0 Å². The van der Waals surface area contributed by atoms with Crippen LogP contribution in [-0.2, 0) is 18.4 Å². The van der Waals surface area contributed by atoms with Gasteiger partial charge in [0.2, 0.25) is 5.91 Å². The third kappa shape index (κ3) is 4.85. The van der Waals surface area contributed by atoms with Gasteiger partial charge in [0.15, 0.2) is 11.0 Å². The second-order valence-electron chi connectivity index (χ2n) is 6.26. The van der Waals surface area contributed by atoms with Crippen molar-refractivity contribution in [2.75, 3.05) is 19.9 Å². The summed E-state index contributed by atoms with van der Waals surface area (Å²) in [6.07, 6.45) is 0. The highest BCUT2D eigenvalue weighted by molar-refractivity contribution is 7.99. The first kappa shape index (κ1) is 20.2. The molecule has 0 saturated heterocycles. The van der Waals surface area contributed by atoms with Crippen molar-refractivity contribution in [2.45, 2.75) is 11.7 Å². The van der Waals surface area contributed by atoms with Gasteiger partial charge in [0.1, 0.15) is 5.75 Å². The molecule has 28 heavy (non-hydrogen) atoms. The van der Waals surface area contributed by atoms with E-state index in [1.165, 1.54) is 11.8 Å². The molecular weight excluding hydrogens is 396 g/mol. The highest BCUT2D eigenvalue weighted by Gasteiger charge is 2.15. The largest absolute Gasteiger partial charge is 0.497 e. The monoisotopic (exact) mass is 416 g/mol. The number of rotatable bonds is 7. The SMILES string of the molecule is COc1cccc(CN(C)C(=O)CSc2nnc(-c3ccc(Cl)cc3)n2C)c1. The van der Waals surface area contributed by atoms with Crippen molar-refractivity contribution < 1.29 is 9.53 Å². The van der Waals surface area contributed by atoms with Gasteiger partial charge >= 0.3 is 0 Å². The third-order valence-electron chi connectivity index (χ3n) is 4.24. The molecule has 146 valence electrons. The van der Waals surface area contributed by atoms with Crippen molar-refractivity contribution in [3.63, 3.8) is 0 Å². The summed E-state index contributed by atoms with van der Waals surface area (Å²) in [6.45, 7) is 0.519. The van der Waals surface area contributed by atoms with E-state index < -0.39 is 0 Å². The molecule has 1 aromatic heterocycles. The second-order valence-corrected chi connectivity index (χ2v) is 7.64. The molecule has 1 heterocycles. The molecule has 1 amide bonds. The van der Waals surface area contributed by atoms with E-state index in [0.717, 1.165) is 22.7 Å². The molecule has 6 nitrogen and oxygen atoms in total. The maximum atomic E-state index is 12.5. The number of carbonyl (C=O) groups excluding carboxylic acids is 1. The number of methoxy groups -OCH3 is 1. The lowest BCUT2D eigenvalue weighted by Crippen LogP contribution is -2.27. The number of aromatic nitrogens is 3. The Morgan fingerprint density at radius 3 is 2.68 bits per heavy atom. The Hall–Kier alpha value is -2.51. The first-order valence-corrected chi connectivity index (χ1v) is 9.99.